The molecule has 0 aliphatic rings. The number of pyridine rings is 3. The normalized spacial score (nSPS) is 11.2. The van der Waals surface area contributed by atoms with Gasteiger partial charge in [0, 0.05) is 52.3 Å². The van der Waals surface area contributed by atoms with Gasteiger partial charge in [-0.3, -0.25) is 19.6 Å². The third kappa shape index (κ3) is 4.59. The Labute approximate surface area is 245 Å². The number of ether oxygens (including phenoxy) is 2. The maximum absolute atomic E-state index is 11.1. The van der Waals surface area contributed by atoms with Gasteiger partial charge in [0.15, 0.2) is 0 Å². The molecular weight excluding hydrogens is 577 g/mol. The van der Waals surface area contributed by atoms with Gasteiger partial charge in [0.2, 0.25) is 0 Å². The minimum Gasteiger partial charge on any atom is -0.429 e. The predicted octanol–water partition coefficient (Wildman–Crippen LogP) is 7.44. The summed E-state index contributed by atoms with van der Waals surface area (Å²) < 4.78 is 15.0. The van der Waals surface area contributed by atoms with Crippen LogP contribution in [0, 0.1) is 0 Å². The summed E-state index contributed by atoms with van der Waals surface area (Å²) in [4.78, 5) is 39.1. The van der Waals surface area contributed by atoms with E-state index < -0.39 is 0 Å². The molecule has 7 aromatic heterocycles. The average Bonchev–Trinajstić information content (AvgIpc) is 3.79. The van der Waals surface area contributed by atoms with Crippen LogP contribution in [0.3, 0.4) is 0 Å². The number of fused-ring (bicyclic) bond motifs is 3. The largest absolute Gasteiger partial charge is 0.429 e. The standard InChI is InChI=1S/C30H18N4O4S3/c1-34-24-6-9-39-29(24)30-25(34)14-28(41-30)27-3-2-26(40-27)17-4-7-31-20(10-17)22-12-19(38-16-36)13-23(33-22)21-11-18(37-15-35)5-8-32-21/h2-16H,1H3. The number of rotatable bonds is 8. The summed E-state index contributed by atoms with van der Waals surface area (Å²) >= 11 is 5.33. The Kier molecular flexibility index (Phi) is 6.38. The van der Waals surface area contributed by atoms with Gasteiger partial charge in [-0.15, -0.1) is 34.0 Å². The number of aryl methyl sites for hydroxylation is 1. The fourth-order valence-electron chi connectivity index (χ4n) is 4.70. The molecule has 0 aromatic carbocycles. The maximum Gasteiger partial charge on any atom is 0.298 e. The molecule has 7 aromatic rings. The minimum absolute atomic E-state index is 0.290. The number of nitrogens with zero attached hydrogens (tertiary/aromatic N) is 4. The van der Waals surface area contributed by atoms with E-state index in [4.69, 9.17) is 14.5 Å². The summed E-state index contributed by atoms with van der Waals surface area (Å²) in [6.07, 6.45) is 3.25. The van der Waals surface area contributed by atoms with Crippen molar-refractivity contribution in [1.82, 2.24) is 19.5 Å². The lowest BCUT2D eigenvalue weighted by atomic mass is 10.1. The summed E-state index contributed by atoms with van der Waals surface area (Å²) in [6.45, 7) is 0.704. The van der Waals surface area contributed by atoms with Crippen LogP contribution >= 0.6 is 34.0 Å². The Morgan fingerprint density at radius 1 is 0.683 bits per heavy atom. The third-order valence-corrected chi connectivity index (χ3v) is 10.1. The Hall–Kier alpha value is -4.71. The van der Waals surface area contributed by atoms with Gasteiger partial charge in [-0.2, -0.15) is 0 Å². The molecule has 200 valence electrons. The molecule has 0 aliphatic heterocycles. The van der Waals surface area contributed by atoms with Crippen molar-refractivity contribution >= 4 is 67.4 Å². The second-order valence-corrected chi connectivity index (χ2v) is 12.0. The molecule has 0 radical (unpaired) electrons. The molecule has 0 unspecified atom stereocenters. The number of aromatic nitrogens is 4. The zero-order valence-electron chi connectivity index (χ0n) is 21.3. The van der Waals surface area contributed by atoms with Crippen LogP contribution in [0.15, 0.2) is 78.4 Å². The quantitative estimate of drug-likeness (QED) is 0.169. The van der Waals surface area contributed by atoms with Gasteiger partial charge in [0.05, 0.1) is 43.2 Å². The van der Waals surface area contributed by atoms with Crippen molar-refractivity contribution in [2.75, 3.05) is 0 Å². The lowest BCUT2D eigenvalue weighted by Crippen LogP contribution is -1.97. The number of thiophene rings is 3. The average molecular weight is 595 g/mol. The van der Waals surface area contributed by atoms with E-state index in [9.17, 15) is 9.59 Å². The van der Waals surface area contributed by atoms with E-state index in [0.717, 1.165) is 10.4 Å². The predicted molar refractivity (Wildman–Crippen MR) is 163 cm³/mol. The van der Waals surface area contributed by atoms with Gasteiger partial charge in [0.1, 0.15) is 11.5 Å². The van der Waals surface area contributed by atoms with Crippen molar-refractivity contribution < 1.29 is 19.1 Å². The van der Waals surface area contributed by atoms with E-state index in [0.29, 0.717) is 47.2 Å². The topological polar surface area (TPSA) is 96.2 Å². The molecule has 7 heterocycles. The van der Waals surface area contributed by atoms with E-state index in [1.807, 2.05) is 23.5 Å². The number of carbonyl (C=O) groups is 2. The Balaban J connectivity index is 1.24. The molecule has 0 saturated heterocycles. The first kappa shape index (κ1) is 25.3. The van der Waals surface area contributed by atoms with Crippen molar-refractivity contribution in [1.29, 1.82) is 0 Å². The highest BCUT2D eigenvalue weighted by Gasteiger charge is 2.16. The highest BCUT2D eigenvalue weighted by atomic mass is 32.1. The van der Waals surface area contributed by atoms with E-state index in [2.05, 4.69) is 51.2 Å². The van der Waals surface area contributed by atoms with Crippen molar-refractivity contribution in [2.24, 2.45) is 7.05 Å². The Morgan fingerprint density at radius 2 is 1.39 bits per heavy atom. The van der Waals surface area contributed by atoms with Crippen molar-refractivity contribution in [3.8, 4) is 54.5 Å². The molecule has 8 nitrogen and oxygen atoms in total. The smallest absolute Gasteiger partial charge is 0.298 e. The molecule has 0 fully saturated rings. The first-order chi connectivity index (χ1) is 20.1. The van der Waals surface area contributed by atoms with Crippen LogP contribution in [0.4, 0.5) is 0 Å². The molecule has 0 spiro atoms. The van der Waals surface area contributed by atoms with Gasteiger partial charge < -0.3 is 14.0 Å². The minimum atomic E-state index is 0.290. The van der Waals surface area contributed by atoms with Crippen LogP contribution in [-0.2, 0) is 16.6 Å². The summed E-state index contributed by atoms with van der Waals surface area (Å²) in [5, 5.41) is 2.14. The monoisotopic (exact) mass is 594 g/mol. The summed E-state index contributed by atoms with van der Waals surface area (Å²) in [5.41, 5.74) is 5.53. The van der Waals surface area contributed by atoms with Crippen molar-refractivity contribution in [2.45, 2.75) is 0 Å². The van der Waals surface area contributed by atoms with Crippen LogP contribution < -0.4 is 9.47 Å². The number of carbonyl (C=O) groups excluding carboxylic acids is 2. The molecule has 0 bridgehead atoms. The fourth-order valence-corrected chi connectivity index (χ4v) is 8.06. The number of hydrogen-bond donors (Lipinski definition) is 0. The van der Waals surface area contributed by atoms with Crippen molar-refractivity contribution in [3.05, 3.63) is 78.4 Å². The number of hydrogen-bond acceptors (Lipinski definition) is 10. The van der Waals surface area contributed by atoms with Crippen LogP contribution in [0.25, 0.3) is 63.4 Å². The molecule has 0 aliphatic carbocycles. The van der Waals surface area contributed by atoms with E-state index in [-0.39, 0.29) is 0 Å². The molecule has 0 atom stereocenters. The molecule has 7 rings (SSSR count). The SMILES string of the molecule is Cn1c2ccsc2c2sc(-c3ccc(-c4ccnc(-c5cc(OC=O)cc(-c6cc(OC=O)ccn6)n5)c4)s3)cc21. The lowest BCUT2D eigenvalue weighted by Gasteiger charge is -2.09. The maximum atomic E-state index is 11.1. The first-order valence-corrected chi connectivity index (χ1v) is 14.8. The van der Waals surface area contributed by atoms with Gasteiger partial charge >= 0.3 is 0 Å². The first-order valence-electron chi connectivity index (χ1n) is 12.3. The third-order valence-electron chi connectivity index (χ3n) is 6.60. The second kappa shape index (κ2) is 10.4. The summed E-state index contributed by atoms with van der Waals surface area (Å²) in [5.74, 6) is 0.612. The van der Waals surface area contributed by atoms with Crippen LogP contribution in [0.5, 0.6) is 11.5 Å². The van der Waals surface area contributed by atoms with E-state index >= 15 is 0 Å². The molecule has 41 heavy (non-hydrogen) atoms. The Morgan fingerprint density at radius 3 is 2.20 bits per heavy atom. The van der Waals surface area contributed by atoms with Gasteiger partial charge in [-0.25, -0.2) is 4.98 Å². The molecular formula is C30H18N4O4S3. The highest BCUT2D eigenvalue weighted by molar-refractivity contribution is 7.30. The zero-order valence-corrected chi connectivity index (χ0v) is 23.8. The van der Waals surface area contributed by atoms with Crippen LogP contribution in [0.1, 0.15) is 0 Å². The van der Waals surface area contributed by atoms with Crippen molar-refractivity contribution in [3.63, 3.8) is 0 Å². The molecule has 0 N–H and O–H groups in total. The van der Waals surface area contributed by atoms with Gasteiger partial charge in [-0.1, -0.05) is 0 Å². The highest BCUT2D eigenvalue weighted by Crippen LogP contribution is 2.44. The van der Waals surface area contributed by atoms with E-state index in [1.54, 1.807) is 53.1 Å². The molecule has 0 amide bonds. The van der Waals surface area contributed by atoms with E-state index in [1.165, 1.54) is 36.4 Å². The van der Waals surface area contributed by atoms with Gasteiger partial charge in [-0.05, 0) is 53.4 Å². The molecule has 0 saturated carbocycles. The zero-order chi connectivity index (χ0) is 27.9. The van der Waals surface area contributed by atoms with Crippen LogP contribution in [0.2, 0.25) is 0 Å². The summed E-state index contributed by atoms with van der Waals surface area (Å²) in [6, 6.07) is 19.0. The Bertz CT molecular complexity index is 2090. The molecule has 11 heteroatoms. The second-order valence-electron chi connectivity index (χ2n) is 8.99. The van der Waals surface area contributed by atoms with Gasteiger partial charge in [0.25, 0.3) is 12.9 Å². The van der Waals surface area contributed by atoms with Crippen LogP contribution in [-0.4, -0.2) is 32.5 Å². The fraction of sp³-hybridized carbons (Fsp3) is 0.0333. The summed E-state index contributed by atoms with van der Waals surface area (Å²) in [7, 11) is 2.12. The lowest BCUT2D eigenvalue weighted by molar-refractivity contribution is -0.121.